The zero-order valence-corrected chi connectivity index (χ0v) is 10.9. The third-order valence-electron chi connectivity index (χ3n) is 2.98. The fourth-order valence-electron chi connectivity index (χ4n) is 1.54. The molecule has 1 aliphatic carbocycles. The predicted octanol–water partition coefficient (Wildman–Crippen LogP) is 3.21. The summed E-state index contributed by atoms with van der Waals surface area (Å²) in [7, 11) is 1.78. The van der Waals surface area contributed by atoms with Gasteiger partial charge in [0.2, 0.25) is 0 Å². The van der Waals surface area contributed by atoms with Gasteiger partial charge in [0.25, 0.3) is 0 Å². The Hall–Kier alpha value is -0.990. The number of rotatable bonds is 4. The minimum atomic E-state index is -0.416. The van der Waals surface area contributed by atoms with Crippen molar-refractivity contribution >= 4 is 6.09 Å². The van der Waals surface area contributed by atoms with Gasteiger partial charge in [-0.1, -0.05) is 6.08 Å². The highest BCUT2D eigenvalue weighted by Crippen LogP contribution is 2.49. The van der Waals surface area contributed by atoms with E-state index in [1.807, 2.05) is 26.8 Å². The van der Waals surface area contributed by atoms with Gasteiger partial charge in [-0.15, -0.1) is 6.58 Å². The molecule has 3 nitrogen and oxygen atoms in total. The summed E-state index contributed by atoms with van der Waals surface area (Å²) in [6.45, 7) is 10.2. The summed E-state index contributed by atoms with van der Waals surface area (Å²) >= 11 is 0. The molecule has 1 amide bonds. The van der Waals surface area contributed by atoms with Gasteiger partial charge in [-0.2, -0.15) is 0 Å². The number of hydrogen-bond acceptors (Lipinski definition) is 2. The van der Waals surface area contributed by atoms with Crippen LogP contribution in [0.5, 0.6) is 0 Å². The van der Waals surface area contributed by atoms with Crippen LogP contribution in [-0.4, -0.2) is 30.2 Å². The fraction of sp³-hybridized carbons (Fsp3) is 0.769. The van der Waals surface area contributed by atoms with Crippen molar-refractivity contribution in [3.05, 3.63) is 12.7 Å². The maximum absolute atomic E-state index is 11.7. The molecule has 0 heterocycles. The number of allylic oxidation sites excluding steroid dienone is 1. The Bertz CT molecular complexity index is 274. The Morgan fingerprint density at radius 3 is 2.44 bits per heavy atom. The van der Waals surface area contributed by atoms with E-state index in [0.29, 0.717) is 5.41 Å². The first kappa shape index (κ1) is 13.1. The monoisotopic (exact) mass is 225 g/mol. The van der Waals surface area contributed by atoms with E-state index in [4.69, 9.17) is 4.74 Å². The number of nitrogens with zero attached hydrogens (tertiary/aromatic N) is 1. The Kier molecular flexibility index (Phi) is 3.66. The van der Waals surface area contributed by atoms with Crippen LogP contribution in [0.15, 0.2) is 12.7 Å². The van der Waals surface area contributed by atoms with Gasteiger partial charge in [-0.3, -0.25) is 0 Å². The molecule has 0 unspecified atom stereocenters. The molecule has 92 valence electrons. The first-order chi connectivity index (χ1) is 7.28. The van der Waals surface area contributed by atoms with Gasteiger partial charge >= 0.3 is 6.09 Å². The highest BCUT2D eigenvalue weighted by atomic mass is 16.6. The second-order valence-electron chi connectivity index (χ2n) is 5.72. The average Bonchev–Trinajstić information content (AvgIpc) is 2.92. The lowest BCUT2D eigenvalue weighted by Crippen LogP contribution is -2.35. The average molecular weight is 225 g/mol. The summed E-state index contributed by atoms with van der Waals surface area (Å²) in [5.74, 6) is 0. The van der Waals surface area contributed by atoms with Crippen LogP contribution >= 0.6 is 0 Å². The summed E-state index contributed by atoms with van der Waals surface area (Å²) < 4.78 is 5.28. The molecule has 1 fully saturated rings. The van der Waals surface area contributed by atoms with Crippen LogP contribution in [0, 0.1) is 5.41 Å². The molecule has 0 bridgehead atoms. The number of hydrogen-bond donors (Lipinski definition) is 0. The molecule has 0 N–H and O–H groups in total. The number of ether oxygens (including phenoxy) is 1. The lowest BCUT2D eigenvalue weighted by molar-refractivity contribution is 0.0291. The van der Waals surface area contributed by atoms with Crippen LogP contribution in [-0.2, 0) is 4.74 Å². The molecule has 3 heteroatoms. The van der Waals surface area contributed by atoms with E-state index < -0.39 is 5.60 Å². The SMILES string of the molecule is C=CC1(CCN(C)C(=O)OC(C)(C)C)CC1. The van der Waals surface area contributed by atoms with Crippen LogP contribution in [0.2, 0.25) is 0 Å². The molecule has 0 radical (unpaired) electrons. The molecule has 16 heavy (non-hydrogen) atoms. The van der Waals surface area contributed by atoms with Crippen molar-refractivity contribution in [1.82, 2.24) is 4.90 Å². The molecule has 1 saturated carbocycles. The van der Waals surface area contributed by atoms with Gasteiger partial charge < -0.3 is 9.64 Å². The minimum absolute atomic E-state index is 0.243. The third kappa shape index (κ3) is 3.87. The van der Waals surface area contributed by atoms with Gasteiger partial charge in [0.15, 0.2) is 0 Å². The zero-order valence-electron chi connectivity index (χ0n) is 10.9. The number of carbonyl (C=O) groups excluding carboxylic acids is 1. The van der Waals surface area contributed by atoms with Crippen LogP contribution < -0.4 is 0 Å². The first-order valence-electron chi connectivity index (χ1n) is 5.86. The fourth-order valence-corrected chi connectivity index (χ4v) is 1.54. The van der Waals surface area contributed by atoms with Crippen molar-refractivity contribution in [3.63, 3.8) is 0 Å². The number of amides is 1. The normalized spacial score (nSPS) is 17.8. The third-order valence-corrected chi connectivity index (χ3v) is 2.98. The van der Waals surface area contributed by atoms with E-state index in [1.165, 1.54) is 12.8 Å². The lowest BCUT2D eigenvalue weighted by atomic mass is 10.0. The minimum Gasteiger partial charge on any atom is -0.444 e. The van der Waals surface area contributed by atoms with Crippen molar-refractivity contribution in [2.75, 3.05) is 13.6 Å². The molecular formula is C13H23NO2. The van der Waals surface area contributed by atoms with Gasteiger partial charge in [-0.05, 0) is 45.4 Å². The Morgan fingerprint density at radius 1 is 1.50 bits per heavy atom. The Morgan fingerprint density at radius 2 is 2.06 bits per heavy atom. The smallest absolute Gasteiger partial charge is 0.410 e. The molecule has 0 saturated heterocycles. The van der Waals surface area contributed by atoms with Crippen LogP contribution in [0.25, 0.3) is 0 Å². The second kappa shape index (κ2) is 4.48. The number of carbonyl (C=O) groups is 1. The largest absolute Gasteiger partial charge is 0.444 e. The van der Waals surface area contributed by atoms with Crippen LogP contribution in [0.3, 0.4) is 0 Å². The topological polar surface area (TPSA) is 29.5 Å². The van der Waals surface area contributed by atoms with E-state index >= 15 is 0 Å². The molecule has 0 aromatic rings. The van der Waals surface area contributed by atoms with Crippen LogP contribution in [0.1, 0.15) is 40.0 Å². The van der Waals surface area contributed by atoms with Crippen molar-refractivity contribution < 1.29 is 9.53 Å². The van der Waals surface area contributed by atoms with Crippen molar-refractivity contribution in [2.45, 2.75) is 45.6 Å². The molecule has 0 aliphatic heterocycles. The maximum Gasteiger partial charge on any atom is 0.410 e. The summed E-state index contributed by atoms with van der Waals surface area (Å²) in [6, 6.07) is 0. The summed E-state index contributed by atoms with van der Waals surface area (Å²) in [4.78, 5) is 13.3. The van der Waals surface area contributed by atoms with Crippen molar-refractivity contribution in [3.8, 4) is 0 Å². The van der Waals surface area contributed by atoms with Gasteiger partial charge in [0.1, 0.15) is 5.60 Å². The molecular weight excluding hydrogens is 202 g/mol. The zero-order chi connectivity index (χ0) is 12.4. The molecule has 0 aromatic heterocycles. The predicted molar refractivity (Wildman–Crippen MR) is 65.3 cm³/mol. The van der Waals surface area contributed by atoms with Crippen molar-refractivity contribution in [2.24, 2.45) is 5.41 Å². The van der Waals surface area contributed by atoms with E-state index in [0.717, 1.165) is 13.0 Å². The summed E-state index contributed by atoms with van der Waals surface area (Å²) in [5.41, 5.74) is -0.114. The summed E-state index contributed by atoms with van der Waals surface area (Å²) in [6.07, 6.45) is 5.19. The summed E-state index contributed by atoms with van der Waals surface area (Å²) in [5, 5.41) is 0. The van der Waals surface area contributed by atoms with E-state index in [-0.39, 0.29) is 6.09 Å². The first-order valence-corrected chi connectivity index (χ1v) is 5.86. The highest BCUT2D eigenvalue weighted by molar-refractivity contribution is 5.67. The quantitative estimate of drug-likeness (QED) is 0.688. The van der Waals surface area contributed by atoms with Crippen LogP contribution in [0.4, 0.5) is 4.79 Å². The molecule has 0 atom stereocenters. The van der Waals surface area contributed by atoms with E-state index in [9.17, 15) is 4.79 Å². The van der Waals surface area contributed by atoms with Gasteiger partial charge in [0, 0.05) is 13.6 Å². The van der Waals surface area contributed by atoms with Gasteiger partial charge in [-0.25, -0.2) is 4.79 Å². The Balaban J connectivity index is 2.32. The molecule has 0 spiro atoms. The lowest BCUT2D eigenvalue weighted by Gasteiger charge is -2.25. The van der Waals surface area contributed by atoms with Crippen molar-refractivity contribution in [1.29, 1.82) is 0 Å². The molecule has 0 aromatic carbocycles. The van der Waals surface area contributed by atoms with E-state index in [2.05, 4.69) is 6.58 Å². The standard InChI is InChI=1S/C13H23NO2/c1-6-13(7-8-13)9-10-14(5)11(15)16-12(2,3)4/h6H,1,7-10H2,2-5H3. The highest BCUT2D eigenvalue weighted by Gasteiger charge is 2.39. The van der Waals surface area contributed by atoms with Gasteiger partial charge in [0.05, 0.1) is 0 Å². The molecule has 1 aliphatic rings. The van der Waals surface area contributed by atoms with E-state index in [1.54, 1.807) is 11.9 Å². The Labute approximate surface area is 98.5 Å². The molecule has 1 rings (SSSR count). The maximum atomic E-state index is 11.7. The second-order valence-corrected chi connectivity index (χ2v) is 5.72.